The summed E-state index contributed by atoms with van der Waals surface area (Å²) in [5, 5.41) is 9.58. The molecule has 1 saturated heterocycles. The molecule has 1 aliphatic rings. The fraction of sp³-hybridized carbons (Fsp3) is 0.455. The topological polar surface area (TPSA) is 58.2 Å². The van der Waals surface area contributed by atoms with Crippen LogP contribution in [0.15, 0.2) is 16.8 Å². The van der Waals surface area contributed by atoms with Crippen LogP contribution in [0.5, 0.6) is 0 Å². The summed E-state index contributed by atoms with van der Waals surface area (Å²) in [5.41, 5.74) is 1.24. The van der Waals surface area contributed by atoms with E-state index in [4.69, 9.17) is 0 Å². The molecule has 0 unspecified atom stereocenters. The van der Waals surface area contributed by atoms with Crippen molar-refractivity contribution in [3.05, 3.63) is 22.4 Å². The van der Waals surface area contributed by atoms with E-state index >= 15 is 0 Å². The molecule has 0 aliphatic carbocycles. The van der Waals surface area contributed by atoms with Crippen molar-refractivity contribution in [2.24, 2.45) is 0 Å². The zero-order valence-electron chi connectivity index (χ0n) is 8.86. The molecule has 2 heterocycles. The van der Waals surface area contributed by atoms with Crippen molar-refractivity contribution < 1.29 is 9.59 Å². The monoisotopic (exact) mass is 238 g/mol. The first-order valence-corrected chi connectivity index (χ1v) is 6.28. The zero-order chi connectivity index (χ0) is 11.4. The van der Waals surface area contributed by atoms with Crippen molar-refractivity contribution in [1.29, 1.82) is 0 Å². The lowest BCUT2D eigenvalue weighted by Crippen LogP contribution is -2.42. The Morgan fingerprint density at radius 1 is 1.62 bits per heavy atom. The standard InChI is InChI=1S/C11H14N2O2S/c14-10-2-1-9(13-10)11(15)12-5-3-8-4-6-16-7-8/h4,6-7,9H,1-3,5H2,(H,12,15)(H,13,14)/t9-/m1/s1. The molecule has 2 amide bonds. The SMILES string of the molecule is O=C1CC[C@H](C(=O)NCCc2ccsc2)N1. The van der Waals surface area contributed by atoms with Crippen LogP contribution in [0.25, 0.3) is 0 Å². The van der Waals surface area contributed by atoms with E-state index in [0.717, 1.165) is 6.42 Å². The molecule has 16 heavy (non-hydrogen) atoms. The normalized spacial score (nSPS) is 19.5. The van der Waals surface area contributed by atoms with Crippen molar-refractivity contribution in [2.75, 3.05) is 6.54 Å². The predicted octanol–water partition coefficient (Wildman–Crippen LogP) is 0.685. The van der Waals surface area contributed by atoms with Gasteiger partial charge in [-0.25, -0.2) is 0 Å². The van der Waals surface area contributed by atoms with E-state index in [2.05, 4.69) is 16.0 Å². The molecule has 2 N–H and O–H groups in total. The Morgan fingerprint density at radius 2 is 2.50 bits per heavy atom. The summed E-state index contributed by atoms with van der Waals surface area (Å²) in [5.74, 6) is -0.0981. The molecule has 1 aromatic heterocycles. The minimum atomic E-state index is -0.324. The van der Waals surface area contributed by atoms with Gasteiger partial charge >= 0.3 is 0 Å². The minimum absolute atomic E-state index is 0.0296. The van der Waals surface area contributed by atoms with Gasteiger partial charge in [-0.15, -0.1) is 0 Å². The number of rotatable bonds is 4. The molecule has 2 rings (SSSR count). The van der Waals surface area contributed by atoms with Crippen LogP contribution in [-0.4, -0.2) is 24.4 Å². The maximum absolute atomic E-state index is 11.6. The first kappa shape index (κ1) is 11.1. The van der Waals surface area contributed by atoms with Crippen LogP contribution in [0.1, 0.15) is 18.4 Å². The number of carbonyl (C=O) groups is 2. The van der Waals surface area contributed by atoms with Crippen LogP contribution < -0.4 is 10.6 Å². The fourth-order valence-electron chi connectivity index (χ4n) is 1.70. The van der Waals surface area contributed by atoms with Crippen LogP contribution in [0.3, 0.4) is 0 Å². The van der Waals surface area contributed by atoms with Crippen molar-refractivity contribution >= 4 is 23.2 Å². The van der Waals surface area contributed by atoms with Gasteiger partial charge in [-0.3, -0.25) is 9.59 Å². The Hall–Kier alpha value is -1.36. The molecule has 0 bridgehead atoms. The number of nitrogens with one attached hydrogen (secondary N) is 2. The lowest BCUT2D eigenvalue weighted by molar-refractivity contribution is -0.125. The predicted molar refractivity (Wildman–Crippen MR) is 62.2 cm³/mol. The second kappa shape index (κ2) is 5.12. The highest BCUT2D eigenvalue weighted by atomic mass is 32.1. The smallest absolute Gasteiger partial charge is 0.242 e. The van der Waals surface area contributed by atoms with Crippen molar-refractivity contribution in [3.63, 3.8) is 0 Å². The van der Waals surface area contributed by atoms with E-state index in [9.17, 15) is 9.59 Å². The molecule has 0 aromatic carbocycles. The Labute approximate surface area is 98.0 Å². The first-order valence-electron chi connectivity index (χ1n) is 5.34. The highest BCUT2D eigenvalue weighted by Crippen LogP contribution is 2.07. The second-order valence-electron chi connectivity index (χ2n) is 3.83. The Balaban J connectivity index is 1.70. The van der Waals surface area contributed by atoms with Crippen LogP contribution >= 0.6 is 11.3 Å². The average molecular weight is 238 g/mol. The molecule has 1 aliphatic heterocycles. The Morgan fingerprint density at radius 3 is 3.12 bits per heavy atom. The zero-order valence-corrected chi connectivity index (χ0v) is 9.68. The molecule has 0 radical (unpaired) electrons. The van der Waals surface area contributed by atoms with Gasteiger partial charge in [0.05, 0.1) is 0 Å². The van der Waals surface area contributed by atoms with Crippen LogP contribution in [0.2, 0.25) is 0 Å². The molecule has 1 atom stereocenters. The van der Waals surface area contributed by atoms with E-state index in [0.29, 0.717) is 19.4 Å². The Kier molecular flexibility index (Phi) is 3.56. The van der Waals surface area contributed by atoms with Gasteiger partial charge in [0.25, 0.3) is 0 Å². The molecule has 1 fully saturated rings. The summed E-state index contributed by atoms with van der Waals surface area (Å²) in [6.07, 6.45) is 1.92. The molecule has 0 saturated carbocycles. The van der Waals surface area contributed by atoms with Gasteiger partial charge in [-0.1, -0.05) is 0 Å². The number of amides is 2. The maximum atomic E-state index is 11.6. The quantitative estimate of drug-likeness (QED) is 0.810. The third-order valence-corrected chi connectivity index (χ3v) is 3.34. The summed E-state index contributed by atoms with van der Waals surface area (Å²) in [7, 11) is 0. The van der Waals surface area contributed by atoms with E-state index in [1.807, 2.05) is 11.4 Å². The minimum Gasteiger partial charge on any atom is -0.354 e. The van der Waals surface area contributed by atoms with E-state index in [1.54, 1.807) is 11.3 Å². The number of thiophene rings is 1. The van der Waals surface area contributed by atoms with Gasteiger partial charge in [0.2, 0.25) is 11.8 Å². The van der Waals surface area contributed by atoms with Gasteiger partial charge in [-0.05, 0) is 35.2 Å². The van der Waals surface area contributed by atoms with Gasteiger partial charge in [0.15, 0.2) is 0 Å². The summed E-state index contributed by atoms with van der Waals surface area (Å²) in [6, 6.07) is 1.73. The van der Waals surface area contributed by atoms with Gasteiger partial charge < -0.3 is 10.6 Å². The number of hydrogen-bond donors (Lipinski definition) is 2. The molecule has 1 aromatic rings. The summed E-state index contributed by atoms with van der Waals surface area (Å²) in [6.45, 7) is 0.627. The molecule has 4 nitrogen and oxygen atoms in total. The molecule has 5 heteroatoms. The van der Waals surface area contributed by atoms with Crippen LogP contribution in [0, 0.1) is 0 Å². The van der Waals surface area contributed by atoms with Crippen molar-refractivity contribution in [2.45, 2.75) is 25.3 Å². The third kappa shape index (κ3) is 2.82. The van der Waals surface area contributed by atoms with Crippen molar-refractivity contribution in [1.82, 2.24) is 10.6 Å². The lowest BCUT2D eigenvalue weighted by Gasteiger charge is -2.10. The Bertz CT molecular complexity index is 375. The fourth-order valence-corrected chi connectivity index (χ4v) is 2.40. The van der Waals surface area contributed by atoms with Crippen LogP contribution in [0.4, 0.5) is 0 Å². The van der Waals surface area contributed by atoms with Gasteiger partial charge in [0.1, 0.15) is 6.04 Å². The lowest BCUT2D eigenvalue weighted by atomic mass is 10.2. The highest BCUT2D eigenvalue weighted by molar-refractivity contribution is 7.07. The highest BCUT2D eigenvalue weighted by Gasteiger charge is 2.26. The van der Waals surface area contributed by atoms with E-state index < -0.39 is 0 Å². The molecular weight excluding hydrogens is 224 g/mol. The van der Waals surface area contributed by atoms with E-state index in [1.165, 1.54) is 5.56 Å². The molecule has 86 valence electrons. The molecular formula is C11H14N2O2S. The summed E-state index contributed by atoms with van der Waals surface area (Å²) in [4.78, 5) is 22.5. The van der Waals surface area contributed by atoms with Crippen LogP contribution in [-0.2, 0) is 16.0 Å². The third-order valence-electron chi connectivity index (χ3n) is 2.60. The van der Waals surface area contributed by atoms with Crippen molar-refractivity contribution in [3.8, 4) is 0 Å². The maximum Gasteiger partial charge on any atom is 0.242 e. The van der Waals surface area contributed by atoms with E-state index in [-0.39, 0.29) is 17.9 Å². The largest absolute Gasteiger partial charge is 0.354 e. The number of hydrogen-bond acceptors (Lipinski definition) is 3. The summed E-state index contributed by atoms with van der Waals surface area (Å²) < 4.78 is 0. The number of carbonyl (C=O) groups excluding carboxylic acids is 2. The summed E-state index contributed by atoms with van der Waals surface area (Å²) >= 11 is 1.65. The second-order valence-corrected chi connectivity index (χ2v) is 4.61. The average Bonchev–Trinajstić information content (AvgIpc) is 2.89. The molecule has 0 spiro atoms. The van der Waals surface area contributed by atoms with Gasteiger partial charge in [-0.2, -0.15) is 11.3 Å². The van der Waals surface area contributed by atoms with Gasteiger partial charge in [0, 0.05) is 13.0 Å². The first-order chi connectivity index (χ1) is 7.75.